The Bertz CT molecular complexity index is 674. The quantitative estimate of drug-likeness (QED) is 0.928. The summed E-state index contributed by atoms with van der Waals surface area (Å²) in [6.45, 7) is 2.25. The van der Waals surface area contributed by atoms with Crippen molar-refractivity contribution in [2.45, 2.75) is 13.5 Å². The number of benzene rings is 1. The summed E-state index contributed by atoms with van der Waals surface area (Å²) in [4.78, 5) is 24.7. The normalized spacial score (nSPS) is 10.4. The second kappa shape index (κ2) is 5.78. The molecule has 21 heavy (non-hydrogen) atoms. The van der Waals surface area contributed by atoms with Crippen molar-refractivity contribution < 1.29 is 14.7 Å². The van der Waals surface area contributed by atoms with E-state index in [-0.39, 0.29) is 11.5 Å². The van der Waals surface area contributed by atoms with E-state index < -0.39 is 5.97 Å². The first-order valence-corrected chi connectivity index (χ1v) is 6.46. The standard InChI is InChI=1S/C15H17N3O3/c1-10-13(8-16-18(10)3)14(19)17(2)9-11-4-6-12(7-5-11)15(20)21/h4-8H,9H2,1-3H3,(H,20,21). The van der Waals surface area contributed by atoms with Crippen molar-refractivity contribution in [2.75, 3.05) is 7.05 Å². The maximum absolute atomic E-state index is 12.3. The van der Waals surface area contributed by atoms with Gasteiger partial charge in [0.25, 0.3) is 5.91 Å². The van der Waals surface area contributed by atoms with E-state index in [1.165, 1.54) is 12.1 Å². The van der Waals surface area contributed by atoms with Crippen LogP contribution in [0.25, 0.3) is 0 Å². The lowest BCUT2D eigenvalue weighted by molar-refractivity contribution is 0.0695. The molecule has 2 aromatic rings. The van der Waals surface area contributed by atoms with Crippen molar-refractivity contribution in [2.24, 2.45) is 7.05 Å². The van der Waals surface area contributed by atoms with Gasteiger partial charge in [-0.1, -0.05) is 12.1 Å². The molecule has 1 aromatic carbocycles. The molecule has 0 radical (unpaired) electrons. The molecular formula is C15H17N3O3. The first kappa shape index (κ1) is 14.8. The van der Waals surface area contributed by atoms with Gasteiger partial charge in [0.1, 0.15) is 0 Å². The van der Waals surface area contributed by atoms with Gasteiger partial charge in [0, 0.05) is 26.3 Å². The molecule has 110 valence electrons. The highest BCUT2D eigenvalue weighted by Crippen LogP contribution is 2.12. The molecule has 6 heteroatoms. The van der Waals surface area contributed by atoms with E-state index in [2.05, 4.69) is 5.10 Å². The molecule has 1 N–H and O–H groups in total. The van der Waals surface area contributed by atoms with E-state index in [4.69, 9.17) is 5.11 Å². The number of hydrogen-bond acceptors (Lipinski definition) is 3. The molecule has 0 fully saturated rings. The molecule has 0 bridgehead atoms. The Morgan fingerprint density at radius 2 is 1.90 bits per heavy atom. The highest BCUT2D eigenvalue weighted by Gasteiger charge is 2.17. The average molecular weight is 287 g/mol. The number of rotatable bonds is 4. The molecule has 1 aromatic heterocycles. The van der Waals surface area contributed by atoms with Gasteiger partial charge in [-0.05, 0) is 24.6 Å². The van der Waals surface area contributed by atoms with Gasteiger partial charge in [-0.25, -0.2) is 4.79 Å². The van der Waals surface area contributed by atoms with Gasteiger partial charge in [-0.3, -0.25) is 9.48 Å². The van der Waals surface area contributed by atoms with Crippen LogP contribution in [0.3, 0.4) is 0 Å². The summed E-state index contributed by atoms with van der Waals surface area (Å²) in [5, 5.41) is 12.9. The number of carbonyl (C=O) groups excluding carboxylic acids is 1. The Balaban J connectivity index is 2.10. The van der Waals surface area contributed by atoms with E-state index in [0.29, 0.717) is 12.1 Å². The van der Waals surface area contributed by atoms with E-state index in [0.717, 1.165) is 11.3 Å². The number of carboxylic acids is 1. The molecule has 1 amide bonds. The number of hydrogen-bond donors (Lipinski definition) is 1. The highest BCUT2D eigenvalue weighted by molar-refractivity contribution is 5.94. The fourth-order valence-corrected chi connectivity index (χ4v) is 2.01. The summed E-state index contributed by atoms with van der Waals surface area (Å²) in [6.07, 6.45) is 1.56. The van der Waals surface area contributed by atoms with Gasteiger partial charge < -0.3 is 10.0 Å². The third kappa shape index (κ3) is 3.10. The number of carboxylic acid groups (broad SMARTS) is 1. The van der Waals surface area contributed by atoms with Crippen LogP contribution in [0.2, 0.25) is 0 Å². The molecule has 0 atom stereocenters. The summed E-state index contributed by atoms with van der Waals surface area (Å²) in [7, 11) is 3.50. The van der Waals surface area contributed by atoms with Crippen molar-refractivity contribution in [1.29, 1.82) is 0 Å². The molecule has 1 heterocycles. The average Bonchev–Trinajstić information content (AvgIpc) is 2.78. The summed E-state index contributed by atoms with van der Waals surface area (Å²) in [6, 6.07) is 6.49. The van der Waals surface area contributed by atoms with Crippen molar-refractivity contribution in [3.8, 4) is 0 Å². The zero-order chi connectivity index (χ0) is 15.6. The maximum atomic E-state index is 12.3. The lowest BCUT2D eigenvalue weighted by atomic mass is 10.1. The minimum absolute atomic E-state index is 0.108. The molecule has 6 nitrogen and oxygen atoms in total. The van der Waals surface area contributed by atoms with Crippen molar-refractivity contribution in [3.05, 3.63) is 52.8 Å². The summed E-state index contributed by atoms with van der Waals surface area (Å²) in [5.41, 5.74) is 2.49. The van der Waals surface area contributed by atoms with Crippen LogP contribution >= 0.6 is 0 Å². The Kier molecular flexibility index (Phi) is 4.07. The molecule has 0 unspecified atom stereocenters. The second-order valence-corrected chi connectivity index (χ2v) is 4.93. The Morgan fingerprint density at radius 1 is 1.29 bits per heavy atom. The molecule has 2 rings (SSSR count). The number of aryl methyl sites for hydroxylation is 1. The minimum atomic E-state index is -0.961. The lowest BCUT2D eigenvalue weighted by Gasteiger charge is -2.17. The SMILES string of the molecule is Cc1c(C(=O)N(C)Cc2ccc(C(=O)O)cc2)cnn1C. The van der Waals surface area contributed by atoms with Crippen LogP contribution in [-0.2, 0) is 13.6 Å². The number of nitrogens with zero attached hydrogens (tertiary/aromatic N) is 3. The fourth-order valence-electron chi connectivity index (χ4n) is 2.01. The van der Waals surface area contributed by atoms with Crippen LogP contribution in [0.4, 0.5) is 0 Å². The topological polar surface area (TPSA) is 75.4 Å². The fraction of sp³-hybridized carbons (Fsp3) is 0.267. The summed E-state index contributed by atoms with van der Waals surface area (Å²) < 4.78 is 1.66. The van der Waals surface area contributed by atoms with Gasteiger partial charge in [0.05, 0.1) is 17.3 Å². The first-order chi connectivity index (χ1) is 9.90. The van der Waals surface area contributed by atoms with Gasteiger partial charge in [-0.15, -0.1) is 0 Å². The van der Waals surface area contributed by atoms with E-state index in [1.807, 2.05) is 6.92 Å². The monoisotopic (exact) mass is 287 g/mol. The van der Waals surface area contributed by atoms with Gasteiger partial charge in [-0.2, -0.15) is 5.10 Å². The Morgan fingerprint density at radius 3 is 2.38 bits per heavy atom. The molecule has 0 saturated carbocycles. The van der Waals surface area contributed by atoms with Gasteiger partial charge in [0.15, 0.2) is 0 Å². The van der Waals surface area contributed by atoms with Gasteiger partial charge in [0.2, 0.25) is 0 Å². The zero-order valence-electron chi connectivity index (χ0n) is 12.2. The second-order valence-electron chi connectivity index (χ2n) is 4.93. The van der Waals surface area contributed by atoms with Crippen molar-refractivity contribution in [3.63, 3.8) is 0 Å². The third-order valence-electron chi connectivity index (χ3n) is 3.43. The lowest BCUT2D eigenvalue weighted by Crippen LogP contribution is -2.26. The molecule has 0 aliphatic heterocycles. The number of aromatic carboxylic acids is 1. The molecule has 0 aliphatic rings. The number of carbonyl (C=O) groups is 2. The van der Waals surface area contributed by atoms with Crippen LogP contribution in [0.1, 0.15) is 32.0 Å². The highest BCUT2D eigenvalue weighted by atomic mass is 16.4. The van der Waals surface area contributed by atoms with E-state index in [1.54, 1.807) is 42.0 Å². The first-order valence-electron chi connectivity index (χ1n) is 6.46. The van der Waals surface area contributed by atoms with Crippen LogP contribution < -0.4 is 0 Å². The predicted octanol–water partition coefficient (Wildman–Crippen LogP) is 1.70. The minimum Gasteiger partial charge on any atom is -0.478 e. The molecule has 0 aliphatic carbocycles. The van der Waals surface area contributed by atoms with Crippen LogP contribution in [0, 0.1) is 6.92 Å². The van der Waals surface area contributed by atoms with Gasteiger partial charge >= 0.3 is 5.97 Å². The van der Waals surface area contributed by atoms with Crippen LogP contribution in [0.15, 0.2) is 30.5 Å². The van der Waals surface area contributed by atoms with Crippen molar-refractivity contribution in [1.82, 2.24) is 14.7 Å². The largest absolute Gasteiger partial charge is 0.478 e. The van der Waals surface area contributed by atoms with Crippen LogP contribution in [-0.4, -0.2) is 38.7 Å². The molecule has 0 saturated heterocycles. The van der Waals surface area contributed by atoms with E-state index in [9.17, 15) is 9.59 Å². The maximum Gasteiger partial charge on any atom is 0.335 e. The number of amides is 1. The van der Waals surface area contributed by atoms with Crippen LogP contribution in [0.5, 0.6) is 0 Å². The zero-order valence-corrected chi connectivity index (χ0v) is 12.2. The Hall–Kier alpha value is -2.63. The summed E-state index contributed by atoms with van der Waals surface area (Å²) >= 11 is 0. The molecule has 0 spiro atoms. The predicted molar refractivity (Wildman–Crippen MR) is 77.1 cm³/mol. The third-order valence-corrected chi connectivity index (χ3v) is 3.43. The Labute approximate surface area is 122 Å². The summed E-state index contributed by atoms with van der Waals surface area (Å²) in [5.74, 6) is -1.07. The van der Waals surface area contributed by atoms with E-state index >= 15 is 0 Å². The molecular weight excluding hydrogens is 270 g/mol. The van der Waals surface area contributed by atoms with Crippen molar-refractivity contribution >= 4 is 11.9 Å². The smallest absolute Gasteiger partial charge is 0.335 e. The number of aromatic nitrogens is 2.